The number of fused-ring (bicyclic) bond motifs is 3. The fraction of sp³-hybridized carbons (Fsp3) is 0.167. The topological polar surface area (TPSA) is 41.6 Å². The van der Waals surface area contributed by atoms with Gasteiger partial charge in [0.05, 0.1) is 5.52 Å². The zero-order valence-electron chi connectivity index (χ0n) is 8.70. The van der Waals surface area contributed by atoms with Crippen molar-refractivity contribution in [2.24, 2.45) is 0 Å². The zero-order chi connectivity index (χ0) is 10.4. The van der Waals surface area contributed by atoms with Crippen LogP contribution in [0.4, 0.5) is 0 Å². The number of aromatic nitrogens is 3. The van der Waals surface area contributed by atoms with Gasteiger partial charge in [0.2, 0.25) is 0 Å². The first kappa shape index (κ1) is 8.41. The van der Waals surface area contributed by atoms with Crippen LogP contribution in [0, 0.1) is 13.8 Å². The number of hydrogen-bond acceptors (Lipinski definition) is 2. The van der Waals surface area contributed by atoms with Crippen molar-refractivity contribution < 1.29 is 0 Å². The van der Waals surface area contributed by atoms with E-state index in [1.165, 1.54) is 5.56 Å². The molecule has 1 N–H and O–H groups in total. The molecule has 0 saturated heterocycles. The average Bonchev–Trinajstić information content (AvgIpc) is 2.61. The molecule has 2 heterocycles. The van der Waals surface area contributed by atoms with E-state index in [0.717, 1.165) is 27.8 Å². The van der Waals surface area contributed by atoms with Gasteiger partial charge in [-0.3, -0.25) is 0 Å². The van der Waals surface area contributed by atoms with Gasteiger partial charge in [-0.25, -0.2) is 9.97 Å². The molecule has 74 valence electrons. The number of H-pyrrole nitrogens is 1. The van der Waals surface area contributed by atoms with Gasteiger partial charge in [-0.05, 0) is 37.6 Å². The Morgan fingerprint density at radius 1 is 1.13 bits per heavy atom. The molecule has 0 fully saturated rings. The molecule has 0 bridgehead atoms. The van der Waals surface area contributed by atoms with Crippen LogP contribution in [-0.4, -0.2) is 15.0 Å². The predicted molar refractivity (Wildman–Crippen MR) is 60.9 cm³/mol. The van der Waals surface area contributed by atoms with E-state index in [0.29, 0.717) is 0 Å². The van der Waals surface area contributed by atoms with Crippen molar-refractivity contribution in [3.8, 4) is 0 Å². The van der Waals surface area contributed by atoms with Crippen LogP contribution in [0.2, 0.25) is 0 Å². The third kappa shape index (κ3) is 1.13. The number of nitrogens with one attached hydrogen (secondary N) is 1. The molecule has 1 aromatic carbocycles. The first-order valence-corrected chi connectivity index (χ1v) is 4.97. The molecule has 3 aromatic rings. The number of aryl methyl sites for hydroxylation is 2. The van der Waals surface area contributed by atoms with E-state index >= 15 is 0 Å². The molecule has 0 spiro atoms. The second-order valence-corrected chi connectivity index (χ2v) is 3.79. The zero-order valence-corrected chi connectivity index (χ0v) is 8.70. The van der Waals surface area contributed by atoms with Crippen molar-refractivity contribution in [2.75, 3.05) is 0 Å². The molecule has 0 radical (unpaired) electrons. The van der Waals surface area contributed by atoms with E-state index < -0.39 is 0 Å². The summed E-state index contributed by atoms with van der Waals surface area (Å²) in [6, 6.07) is 6.18. The van der Waals surface area contributed by atoms with Crippen molar-refractivity contribution in [3.05, 3.63) is 35.8 Å². The number of imidazole rings is 1. The lowest BCUT2D eigenvalue weighted by molar-refractivity contribution is 1.17. The van der Waals surface area contributed by atoms with Gasteiger partial charge in [-0.1, -0.05) is 0 Å². The number of aromatic amines is 1. The molecular formula is C12H11N3. The van der Waals surface area contributed by atoms with Crippen molar-refractivity contribution in [1.82, 2.24) is 15.0 Å². The number of pyridine rings is 1. The molecular weight excluding hydrogens is 186 g/mol. The molecule has 2 aromatic heterocycles. The van der Waals surface area contributed by atoms with E-state index in [1.54, 1.807) is 0 Å². The summed E-state index contributed by atoms with van der Waals surface area (Å²) in [4.78, 5) is 12.1. The van der Waals surface area contributed by atoms with E-state index in [-0.39, 0.29) is 0 Å². The Hall–Kier alpha value is -1.90. The molecule has 0 aliphatic carbocycles. The summed E-state index contributed by atoms with van der Waals surface area (Å²) in [5.74, 6) is 0.837. The Kier molecular flexibility index (Phi) is 1.57. The molecule has 0 amide bonds. The second-order valence-electron chi connectivity index (χ2n) is 3.79. The number of nitrogens with zero attached hydrogens (tertiary/aromatic N) is 2. The minimum absolute atomic E-state index is 0.837. The number of benzene rings is 1. The van der Waals surface area contributed by atoms with Crippen molar-refractivity contribution >= 4 is 21.9 Å². The van der Waals surface area contributed by atoms with Gasteiger partial charge in [0, 0.05) is 17.1 Å². The maximum Gasteiger partial charge on any atom is 0.126 e. The Bertz CT molecular complexity index is 652. The lowest BCUT2D eigenvalue weighted by Gasteiger charge is -2.00. The highest BCUT2D eigenvalue weighted by Gasteiger charge is 2.08. The standard InChI is InChI=1S/C12H11N3/c1-7-6-10-9(4-3-5-13-10)12-11(7)14-8(2)15-12/h3-6,13H,1-2H3. The molecule has 0 aliphatic heterocycles. The van der Waals surface area contributed by atoms with Gasteiger partial charge in [-0.2, -0.15) is 0 Å². The Morgan fingerprint density at radius 3 is 2.80 bits per heavy atom. The Labute approximate surface area is 87.2 Å². The van der Waals surface area contributed by atoms with Crippen LogP contribution < -0.4 is 0 Å². The van der Waals surface area contributed by atoms with Crippen LogP contribution in [0.1, 0.15) is 11.4 Å². The van der Waals surface area contributed by atoms with Gasteiger partial charge < -0.3 is 4.98 Å². The predicted octanol–water partition coefficient (Wildman–Crippen LogP) is 2.73. The largest absolute Gasteiger partial charge is 0.361 e. The number of hydrogen-bond donors (Lipinski definition) is 1. The third-order valence-corrected chi connectivity index (χ3v) is 2.65. The summed E-state index contributed by atoms with van der Waals surface area (Å²) in [6.45, 7) is 3.99. The summed E-state index contributed by atoms with van der Waals surface area (Å²) < 4.78 is 0. The molecule has 3 nitrogen and oxygen atoms in total. The molecule has 0 aliphatic rings. The van der Waals surface area contributed by atoms with E-state index in [9.17, 15) is 0 Å². The first-order chi connectivity index (χ1) is 7.25. The maximum absolute atomic E-state index is 4.47. The highest BCUT2D eigenvalue weighted by molar-refractivity contribution is 6.03. The quantitative estimate of drug-likeness (QED) is 0.602. The van der Waals surface area contributed by atoms with Gasteiger partial charge in [0.15, 0.2) is 0 Å². The first-order valence-electron chi connectivity index (χ1n) is 4.97. The van der Waals surface area contributed by atoms with Gasteiger partial charge in [0.25, 0.3) is 0 Å². The number of rotatable bonds is 0. The van der Waals surface area contributed by atoms with Crippen LogP contribution in [0.15, 0.2) is 24.4 Å². The smallest absolute Gasteiger partial charge is 0.126 e. The summed E-state index contributed by atoms with van der Waals surface area (Å²) in [7, 11) is 0. The molecule has 0 saturated carbocycles. The lowest BCUT2D eigenvalue weighted by Crippen LogP contribution is -1.83. The van der Waals surface area contributed by atoms with Crippen molar-refractivity contribution in [3.63, 3.8) is 0 Å². The molecule has 3 rings (SSSR count). The molecule has 15 heavy (non-hydrogen) atoms. The third-order valence-electron chi connectivity index (χ3n) is 2.65. The highest BCUT2D eigenvalue weighted by Crippen LogP contribution is 2.24. The van der Waals surface area contributed by atoms with Gasteiger partial charge in [0.1, 0.15) is 11.3 Å². The van der Waals surface area contributed by atoms with Gasteiger partial charge >= 0.3 is 0 Å². The van der Waals surface area contributed by atoms with Crippen molar-refractivity contribution in [1.29, 1.82) is 0 Å². The monoisotopic (exact) mass is 197 g/mol. The normalized spacial score (nSPS) is 11.3. The van der Waals surface area contributed by atoms with Gasteiger partial charge in [-0.15, -0.1) is 0 Å². The Morgan fingerprint density at radius 2 is 1.93 bits per heavy atom. The second kappa shape index (κ2) is 2.79. The van der Waals surface area contributed by atoms with E-state index in [2.05, 4.69) is 34.0 Å². The Balaban J connectivity index is 2.63. The minimum Gasteiger partial charge on any atom is -0.361 e. The molecule has 0 unspecified atom stereocenters. The van der Waals surface area contributed by atoms with Crippen molar-refractivity contribution in [2.45, 2.75) is 13.8 Å². The fourth-order valence-electron chi connectivity index (χ4n) is 1.98. The lowest BCUT2D eigenvalue weighted by atomic mass is 10.1. The molecule has 3 heteroatoms. The summed E-state index contributed by atoms with van der Waals surface area (Å²) in [5.41, 5.74) is 4.29. The van der Waals surface area contributed by atoms with Crippen LogP contribution in [-0.2, 0) is 0 Å². The SMILES string of the molecule is Cc1nc2c(C)cc3[nH]cccc3c2n1. The average molecular weight is 197 g/mol. The van der Waals surface area contributed by atoms with Crippen LogP contribution in [0.25, 0.3) is 21.9 Å². The highest BCUT2D eigenvalue weighted by atomic mass is 14.9. The van der Waals surface area contributed by atoms with Crippen LogP contribution in [0.5, 0.6) is 0 Å². The summed E-state index contributed by atoms with van der Waals surface area (Å²) in [6.07, 6.45) is 1.93. The molecule has 0 atom stereocenters. The fourth-order valence-corrected chi connectivity index (χ4v) is 1.98. The van der Waals surface area contributed by atoms with E-state index in [4.69, 9.17) is 0 Å². The van der Waals surface area contributed by atoms with E-state index in [1.807, 2.05) is 19.2 Å². The van der Waals surface area contributed by atoms with Crippen LogP contribution in [0.3, 0.4) is 0 Å². The summed E-state index contributed by atoms with van der Waals surface area (Å²) >= 11 is 0. The maximum atomic E-state index is 4.47. The summed E-state index contributed by atoms with van der Waals surface area (Å²) in [5, 5.41) is 1.14. The van der Waals surface area contributed by atoms with Crippen LogP contribution >= 0.6 is 0 Å². The minimum atomic E-state index is 0.837.